The second-order valence-electron chi connectivity index (χ2n) is 6.59. The molecular weight excluding hydrogens is 284 g/mol. The molecule has 1 fully saturated rings. The van der Waals surface area contributed by atoms with Gasteiger partial charge in [-0.1, -0.05) is 27.2 Å². The number of carbonyl (C=O) groups excluding carboxylic acids is 1. The fourth-order valence-corrected chi connectivity index (χ4v) is 2.33. The van der Waals surface area contributed by atoms with Gasteiger partial charge in [0.05, 0.1) is 33.5 Å². The topological polar surface area (TPSA) is 54.0 Å². The number of unbranched alkanes of at least 4 members (excludes halogenated alkanes) is 1. The van der Waals surface area contributed by atoms with Crippen molar-refractivity contribution in [2.24, 2.45) is 5.41 Å². The van der Waals surface area contributed by atoms with Gasteiger partial charge in [-0.05, 0) is 6.42 Å². The highest BCUT2D eigenvalue weighted by molar-refractivity contribution is 5.82. The average molecular weight is 314 g/mol. The SMILES string of the molecule is CCCCC1(CC/C(=C\C(=O)OC)OC)OCC(C)(C)CO1. The minimum absolute atomic E-state index is 0.0433. The molecule has 0 atom stereocenters. The van der Waals surface area contributed by atoms with Crippen LogP contribution in [-0.2, 0) is 23.7 Å². The first-order valence-electron chi connectivity index (χ1n) is 7.97. The summed E-state index contributed by atoms with van der Waals surface area (Å²) in [7, 11) is 2.91. The fourth-order valence-electron chi connectivity index (χ4n) is 2.33. The highest BCUT2D eigenvalue weighted by atomic mass is 16.7. The Balaban J connectivity index is 2.69. The molecule has 0 unspecified atom stereocenters. The summed E-state index contributed by atoms with van der Waals surface area (Å²) in [6.07, 6.45) is 5.61. The molecule has 1 saturated heterocycles. The number of esters is 1. The summed E-state index contributed by atoms with van der Waals surface area (Å²) in [6.45, 7) is 7.78. The molecule has 0 aromatic rings. The van der Waals surface area contributed by atoms with Crippen LogP contribution in [0.5, 0.6) is 0 Å². The van der Waals surface area contributed by atoms with Crippen LogP contribution in [-0.4, -0.2) is 39.2 Å². The number of rotatable bonds is 8. The minimum Gasteiger partial charge on any atom is -0.501 e. The van der Waals surface area contributed by atoms with Gasteiger partial charge < -0.3 is 18.9 Å². The van der Waals surface area contributed by atoms with Crippen LogP contribution in [0.25, 0.3) is 0 Å². The summed E-state index contributed by atoms with van der Waals surface area (Å²) in [5, 5.41) is 0. The Morgan fingerprint density at radius 1 is 1.14 bits per heavy atom. The van der Waals surface area contributed by atoms with E-state index < -0.39 is 11.8 Å². The van der Waals surface area contributed by atoms with Gasteiger partial charge in [-0.15, -0.1) is 0 Å². The van der Waals surface area contributed by atoms with Gasteiger partial charge >= 0.3 is 5.97 Å². The molecule has 5 heteroatoms. The van der Waals surface area contributed by atoms with E-state index in [0.717, 1.165) is 19.3 Å². The second kappa shape index (κ2) is 8.53. The molecule has 0 aliphatic carbocycles. The van der Waals surface area contributed by atoms with Gasteiger partial charge in [-0.3, -0.25) is 0 Å². The predicted octanol–water partition coefficient (Wildman–Crippen LogP) is 3.43. The standard InChI is InChI=1S/C17H30O5/c1-6-7-9-17(21-12-16(2,3)13-22-17)10-8-14(19-4)11-15(18)20-5/h11H,6-10,12-13H2,1-5H3/b14-11+. The Hall–Kier alpha value is -1.07. The molecule has 0 radical (unpaired) electrons. The molecule has 0 aromatic heterocycles. The molecule has 0 N–H and O–H groups in total. The highest BCUT2D eigenvalue weighted by Gasteiger charge is 2.39. The number of carbonyl (C=O) groups is 1. The van der Waals surface area contributed by atoms with E-state index in [0.29, 0.717) is 31.8 Å². The van der Waals surface area contributed by atoms with Crippen LogP contribution in [0.3, 0.4) is 0 Å². The number of methoxy groups -OCH3 is 2. The lowest BCUT2D eigenvalue weighted by atomic mass is 9.92. The molecule has 0 amide bonds. The van der Waals surface area contributed by atoms with Crippen LogP contribution < -0.4 is 0 Å². The van der Waals surface area contributed by atoms with Crippen LogP contribution in [0.4, 0.5) is 0 Å². The molecule has 1 rings (SSSR count). The van der Waals surface area contributed by atoms with Crippen molar-refractivity contribution in [2.75, 3.05) is 27.4 Å². The molecule has 1 aliphatic rings. The van der Waals surface area contributed by atoms with Crippen LogP contribution in [0, 0.1) is 5.41 Å². The molecule has 0 spiro atoms. The Morgan fingerprint density at radius 2 is 1.77 bits per heavy atom. The molecular formula is C17H30O5. The summed E-state index contributed by atoms with van der Waals surface area (Å²) >= 11 is 0. The summed E-state index contributed by atoms with van der Waals surface area (Å²) in [4.78, 5) is 11.3. The molecule has 0 bridgehead atoms. The Kier molecular flexibility index (Phi) is 7.36. The fraction of sp³-hybridized carbons (Fsp3) is 0.824. The lowest BCUT2D eigenvalue weighted by Gasteiger charge is -2.44. The molecule has 0 aromatic carbocycles. The first-order chi connectivity index (χ1) is 10.4. The maximum absolute atomic E-state index is 11.3. The van der Waals surface area contributed by atoms with Crippen molar-refractivity contribution in [3.63, 3.8) is 0 Å². The van der Waals surface area contributed by atoms with Gasteiger partial charge in [0.2, 0.25) is 0 Å². The van der Waals surface area contributed by atoms with E-state index in [9.17, 15) is 4.79 Å². The molecule has 5 nitrogen and oxygen atoms in total. The van der Waals surface area contributed by atoms with Crippen molar-refractivity contribution in [3.05, 3.63) is 11.8 Å². The average Bonchev–Trinajstić information content (AvgIpc) is 2.51. The molecule has 1 heterocycles. The first kappa shape index (κ1) is 19.0. The monoisotopic (exact) mass is 314 g/mol. The van der Waals surface area contributed by atoms with Crippen molar-refractivity contribution in [2.45, 2.75) is 58.7 Å². The lowest BCUT2D eigenvalue weighted by molar-refractivity contribution is -0.305. The quantitative estimate of drug-likeness (QED) is 0.390. The van der Waals surface area contributed by atoms with Gasteiger partial charge in [0, 0.05) is 24.7 Å². The maximum Gasteiger partial charge on any atom is 0.333 e. The normalized spacial score (nSPS) is 20.5. The van der Waals surface area contributed by atoms with Crippen molar-refractivity contribution < 1.29 is 23.7 Å². The summed E-state index contributed by atoms with van der Waals surface area (Å²) in [5.41, 5.74) is 0.0433. The molecule has 0 saturated carbocycles. The first-order valence-corrected chi connectivity index (χ1v) is 7.97. The zero-order chi connectivity index (χ0) is 16.6. The smallest absolute Gasteiger partial charge is 0.333 e. The third kappa shape index (κ3) is 5.97. The van der Waals surface area contributed by atoms with Gasteiger partial charge in [0.25, 0.3) is 0 Å². The Labute approximate surface area is 133 Å². The van der Waals surface area contributed by atoms with Crippen molar-refractivity contribution in [1.29, 1.82) is 0 Å². The second-order valence-corrected chi connectivity index (χ2v) is 6.59. The number of hydrogen-bond donors (Lipinski definition) is 0. The number of hydrogen-bond acceptors (Lipinski definition) is 5. The van der Waals surface area contributed by atoms with E-state index in [1.165, 1.54) is 13.2 Å². The van der Waals surface area contributed by atoms with E-state index >= 15 is 0 Å². The van der Waals surface area contributed by atoms with Gasteiger partial charge in [-0.2, -0.15) is 0 Å². The van der Waals surface area contributed by atoms with Crippen LogP contribution in [0.15, 0.2) is 11.8 Å². The van der Waals surface area contributed by atoms with Gasteiger partial charge in [-0.25, -0.2) is 4.79 Å². The van der Waals surface area contributed by atoms with Gasteiger partial charge in [0.15, 0.2) is 5.79 Å². The van der Waals surface area contributed by atoms with Crippen LogP contribution >= 0.6 is 0 Å². The van der Waals surface area contributed by atoms with E-state index in [2.05, 4.69) is 25.5 Å². The Bertz CT molecular complexity index is 377. The highest BCUT2D eigenvalue weighted by Crippen LogP contribution is 2.36. The zero-order valence-electron chi connectivity index (χ0n) is 14.6. The third-order valence-electron chi connectivity index (χ3n) is 3.86. The lowest BCUT2D eigenvalue weighted by Crippen LogP contribution is -2.47. The largest absolute Gasteiger partial charge is 0.501 e. The van der Waals surface area contributed by atoms with Crippen LogP contribution in [0.1, 0.15) is 52.9 Å². The summed E-state index contributed by atoms with van der Waals surface area (Å²) < 4.78 is 22.1. The van der Waals surface area contributed by atoms with Crippen molar-refractivity contribution in [1.82, 2.24) is 0 Å². The minimum atomic E-state index is -0.570. The van der Waals surface area contributed by atoms with E-state index in [1.807, 2.05) is 0 Å². The molecule has 22 heavy (non-hydrogen) atoms. The van der Waals surface area contributed by atoms with Crippen LogP contribution in [0.2, 0.25) is 0 Å². The van der Waals surface area contributed by atoms with E-state index in [4.69, 9.17) is 14.2 Å². The number of ether oxygens (including phenoxy) is 4. The maximum atomic E-state index is 11.3. The molecule has 1 aliphatic heterocycles. The van der Waals surface area contributed by atoms with E-state index in [-0.39, 0.29) is 5.41 Å². The predicted molar refractivity (Wildman–Crippen MR) is 84.3 cm³/mol. The van der Waals surface area contributed by atoms with Crippen molar-refractivity contribution in [3.8, 4) is 0 Å². The Morgan fingerprint density at radius 3 is 2.27 bits per heavy atom. The molecule has 128 valence electrons. The summed E-state index contributed by atoms with van der Waals surface area (Å²) in [6, 6.07) is 0. The van der Waals surface area contributed by atoms with Crippen molar-refractivity contribution >= 4 is 5.97 Å². The van der Waals surface area contributed by atoms with E-state index in [1.54, 1.807) is 7.11 Å². The third-order valence-corrected chi connectivity index (χ3v) is 3.86. The number of allylic oxidation sites excluding steroid dienone is 1. The zero-order valence-corrected chi connectivity index (χ0v) is 14.6. The summed E-state index contributed by atoms with van der Waals surface area (Å²) in [5.74, 6) is -0.398. The van der Waals surface area contributed by atoms with Gasteiger partial charge in [0.1, 0.15) is 5.76 Å².